The number of hydrogen-bond acceptors (Lipinski definition) is 3. The van der Waals surface area contributed by atoms with Crippen LogP contribution in [0.5, 0.6) is 0 Å². The van der Waals surface area contributed by atoms with Gasteiger partial charge in [0.2, 0.25) is 0 Å². The maximum absolute atomic E-state index is 10.9. The highest BCUT2D eigenvalue weighted by Gasteiger charge is 2.20. The average molecular weight is 205 g/mol. The van der Waals surface area contributed by atoms with Crippen LogP contribution in [-0.4, -0.2) is 20.1 Å². The Bertz CT molecular complexity index is 329. The molecule has 0 unspecified atom stereocenters. The van der Waals surface area contributed by atoms with Gasteiger partial charge in [0.1, 0.15) is 0 Å². The van der Waals surface area contributed by atoms with Crippen molar-refractivity contribution < 1.29 is 14.2 Å². The molecule has 1 aromatic rings. The zero-order chi connectivity index (χ0) is 11.1. The summed E-state index contributed by atoms with van der Waals surface area (Å²) in [7, 11) is 0.882. The quantitative estimate of drug-likeness (QED) is 0.426. The second-order valence-corrected chi connectivity index (χ2v) is 2.77. The molecular weight excluding hydrogens is 193 g/mol. The Hall–Kier alpha value is -1.59. The number of hydroxylamine groups is 1. The number of hydrogen-bond donors (Lipinski definition) is 1. The topological polar surface area (TPSA) is 47.6 Å². The van der Waals surface area contributed by atoms with Crippen molar-refractivity contribution in [2.24, 2.45) is 0 Å². The Labute approximate surface area is 89.0 Å². The van der Waals surface area contributed by atoms with E-state index in [1.807, 2.05) is 30.3 Å². The van der Waals surface area contributed by atoms with Crippen LogP contribution in [0.15, 0.2) is 43.0 Å². The van der Waals surface area contributed by atoms with Gasteiger partial charge in [0.05, 0.1) is 0 Å². The largest absolute Gasteiger partial charge is 0.516 e. The van der Waals surface area contributed by atoms with E-state index in [0.29, 0.717) is 0 Å². The summed E-state index contributed by atoms with van der Waals surface area (Å²) in [6, 6.07) is 9.29. The number of rotatable bonds is 5. The van der Waals surface area contributed by atoms with Gasteiger partial charge in [0.25, 0.3) is 5.91 Å². The van der Waals surface area contributed by atoms with Gasteiger partial charge in [-0.1, -0.05) is 36.9 Å². The molecule has 5 heteroatoms. The van der Waals surface area contributed by atoms with Gasteiger partial charge in [0, 0.05) is 7.11 Å². The third kappa shape index (κ3) is 3.57. The van der Waals surface area contributed by atoms with Crippen LogP contribution in [-0.2, 0) is 14.2 Å². The molecule has 0 aliphatic carbocycles. The van der Waals surface area contributed by atoms with Gasteiger partial charge in [-0.15, -0.1) is 0 Å². The minimum absolute atomic E-state index is 0.409. The van der Waals surface area contributed by atoms with Crippen molar-refractivity contribution in [1.82, 2.24) is 5.48 Å². The summed E-state index contributed by atoms with van der Waals surface area (Å²) in [6.07, 6.45) is 1.12. The van der Waals surface area contributed by atoms with Crippen LogP contribution < -0.4 is 10.9 Å². The lowest BCUT2D eigenvalue weighted by Crippen LogP contribution is -2.41. The maximum atomic E-state index is 10.9. The van der Waals surface area contributed by atoms with Gasteiger partial charge in [0.15, 0.2) is 0 Å². The molecule has 0 fully saturated rings. The van der Waals surface area contributed by atoms with Crippen LogP contribution >= 0.6 is 0 Å². The lowest BCUT2D eigenvalue weighted by molar-refractivity contribution is -0.123. The van der Waals surface area contributed by atoms with Crippen molar-refractivity contribution in [3.05, 3.63) is 43.0 Å². The zero-order valence-electron chi connectivity index (χ0n) is 8.47. The van der Waals surface area contributed by atoms with E-state index in [0.717, 1.165) is 11.5 Å². The first-order valence-electron chi connectivity index (χ1n) is 4.43. The minimum atomic E-state index is -0.616. The molecule has 1 aromatic carbocycles. The molecule has 0 bridgehead atoms. The van der Waals surface area contributed by atoms with Crippen LogP contribution in [0.25, 0.3) is 0 Å². The summed E-state index contributed by atoms with van der Waals surface area (Å²) in [6.45, 7) is 3.30. The van der Waals surface area contributed by atoms with E-state index in [-0.39, 0.29) is 0 Å². The molecule has 0 heterocycles. The Morgan fingerprint density at radius 1 is 1.47 bits per heavy atom. The molecule has 0 aliphatic heterocycles. The number of amides is 1. The highest BCUT2D eigenvalue weighted by atomic mass is 16.7. The third-order valence-electron chi connectivity index (χ3n) is 1.74. The van der Waals surface area contributed by atoms with E-state index < -0.39 is 13.0 Å². The molecular formula is C10H12BNO3. The average Bonchev–Trinajstić information content (AvgIpc) is 2.31. The van der Waals surface area contributed by atoms with E-state index in [2.05, 4.69) is 12.1 Å². The molecule has 0 radical (unpaired) electrons. The number of carbonyl (C=O) groups excluding carboxylic acids is 1. The zero-order valence-corrected chi connectivity index (χ0v) is 8.47. The summed E-state index contributed by atoms with van der Waals surface area (Å²) >= 11 is 0. The number of nitrogens with one attached hydrogen (secondary N) is 1. The maximum Gasteiger partial charge on any atom is 0.516 e. The van der Waals surface area contributed by atoms with E-state index in [9.17, 15) is 4.79 Å². The van der Waals surface area contributed by atoms with Crippen molar-refractivity contribution in [2.45, 2.75) is 0 Å². The van der Waals surface area contributed by atoms with E-state index in [4.69, 9.17) is 9.41 Å². The SMILES string of the molecule is C=CC(=O)NOB(OC)c1ccccc1. The van der Waals surface area contributed by atoms with Gasteiger partial charge < -0.3 is 4.65 Å². The van der Waals surface area contributed by atoms with Gasteiger partial charge in [-0.3, -0.25) is 9.55 Å². The molecule has 0 spiro atoms. The first kappa shape index (κ1) is 11.5. The highest BCUT2D eigenvalue weighted by Crippen LogP contribution is 1.90. The normalized spacial score (nSPS) is 9.40. The molecule has 15 heavy (non-hydrogen) atoms. The molecule has 0 saturated carbocycles. The van der Waals surface area contributed by atoms with Gasteiger partial charge in [-0.05, 0) is 11.5 Å². The lowest BCUT2D eigenvalue weighted by Gasteiger charge is -2.11. The van der Waals surface area contributed by atoms with Crippen LogP contribution in [0.4, 0.5) is 0 Å². The predicted molar refractivity (Wildman–Crippen MR) is 58.3 cm³/mol. The fourth-order valence-electron chi connectivity index (χ4n) is 1.02. The van der Waals surface area contributed by atoms with Crippen LogP contribution in [0.2, 0.25) is 0 Å². The second kappa shape index (κ2) is 6.00. The van der Waals surface area contributed by atoms with E-state index in [1.54, 1.807) is 0 Å². The molecule has 0 aromatic heterocycles. The Morgan fingerprint density at radius 2 is 2.13 bits per heavy atom. The highest BCUT2D eigenvalue weighted by molar-refractivity contribution is 6.61. The summed E-state index contributed by atoms with van der Waals surface area (Å²) < 4.78 is 10.1. The van der Waals surface area contributed by atoms with Crippen molar-refractivity contribution >= 4 is 18.5 Å². The van der Waals surface area contributed by atoms with E-state index >= 15 is 0 Å². The fourth-order valence-corrected chi connectivity index (χ4v) is 1.02. The summed E-state index contributed by atoms with van der Waals surface area (Å²) in [5.74, 6) is -0.409. The minimum Gasteiger partial charge on any atom is -0.409 e. The Morgan fingerprint density at radius 3 is 2.67 bits per heavy atom. The summed E-state index contributed by atoms with van der Waals surface area (Å²) in [5, 5.41) is 0. The molecule has 0 saturated heterocycles. The first-order valence-corrected chi connectivity index (χ1v) is 4.43. The molecule has 4 nitrogen and oxygen atoms in total. The summed E-state index contributed by atoms with van der Waals surface area (Å²) in [5.41, 5.74) is 3.02. The molecule has 1 N–H and O–H groups in total. The predicted octanol–water partition coefficient (Wildman–Crippen LogP) is 0.262. The van der Waals surface area contributed by atoms with Crippen molar-refractivity contribution in [2.75, 3.05) is 7.11 Å². The van der Waals surface area contributed by atoms with Gasteiger partial charge in [-0.2, -0.15) is 0 Å². The van der Waals surface area contributed by atoms with Crippen LogP contribution in [0, 0.1) is 0 Å². The van der Waals surface area contributed by atoms with Crippen molar-refractivity contribution in [3.63, 3.8) is 0 Å². The van der Waals surface area contributed by atoms with Gasteiger partial charge in [-0.25, -0.2) is 5.48 Å². The number of carbonyl (C=O) groups is 1. The molecule has 1 amide bonds. The molecule has 0 atom stereocenters. The monoisotopic (exact) mass is 205 g/mol. The van der Waals surface area contributed by atoms with E-state index in [1.165, 1.54) is 7.11 Å². The third-order valence-corrected chi connectivity index (χ3v) is 1.74. The summed E-state index contributed by atoms with van der Waals surface area (Å²) in [4.78, 5) is 10.9. The Kier molecular flexibility index (Phi) is 4.60. The van der Waals surface area contributed by atoms with Crippen molar-refractivity contribution in [3.8, 4) is 0 Å². The Balaban J connectivity index is 2.57. The number of benzene rings is 1. The molecule has 1 rings (SSSR count). The first-order chi connectivity index (χ1) is 7.27. The standard InChI is InChI=1S/C10H12BNO3/c1-3-10(13)12-15-11(14-2)9-7-5-4-6-8-9/h3-8H,1H2,2H3,(H,12,13). The molecule has 78 valence electrons. The second-order valence-electron chi connectivity index (χ2n) is 2.77. The van der Waals surface area contributed by atoms with Crippen LogP contribution in [0.1, 0.15) is 0 Å². The van der Waals surface area contributed by atoms with Gasteiger partial charge >= 0.3 is 7.12 Å². The lowest BCUT2D eigenvalue weighted by atomic mass is 9.79. The van der Waals surface area contributed by atoms with Crippen LogP contribution in [0.3, 0.4) is 0 Å². The molecule has 0 aliphatic rings. The fraction of sp³-hybridized carbons (Fsp3) is 0.100. The van der Waals surface area contributed by atoms with Crippen molar-refractivity contribution in [1.29, 1.82) is 0 Å². The smallest absolute Gasteiger partial charge is 0.409 e.